The number of hydrogen-bond acceptors (Lipinski definition) is 5. The minimum Gasteiger partial charge on any atom is -0.378 e. The number of nitrogens with one attached hydrogen (secondary N) is 1. The maximum Gasteiger partial charge on any atom is 0.251 e. The molecule has 4 atom stereocenters. The van der Waals surface area contributed by atoms with Gasteiger partial charge in [-0.3, -0.25) is 19.2 Å². The summed E-state index contributed by atoms with van der Waals surface area (Å²) in [6.45, 7) is 8.56. The fraction of sp³-hybridized carbons (Fsp3) is 0.630. The third-order valence-corrected chi connectivity index (χ3v) is 7.20. The first-order valence-electron chi connectivity index (χ1n) is 12.7. The number of rotatable bonds is 9. The van der Waals surface area contributed by atoms with E-state index in [-0.39, 0.29) is 47.9 Å². The van der Waals surface area contributed by atoms with Crippen molar-refractivity contribution in [2.24, 2.45) is 11.8 Å². The second-order valence-corrected chi connectivity index (χ2v) is 10.6. The second kappa shape index (κ2) is 11.2. The number of anilines is 1. The van der Waals surface area contributed by atoms with Gasteiger partial charge in [0, 0.05) is 38.3 Å². The van der Waals surface area contributed by atoms with Crippen molar-refractivity contribution in [1.29, 1.82) is 0 Å². The van der Waals surface area contributed by atoms with Crippen LogP contribution in [0.15, 0.2) is 24.3 Å². The van der Waals surface area contributed by atoms with Crippen LogP contribution in [0.1, 0.15) is 63.7 Å². The smallest absolute Gasteiger partial charge is 0.251 e. The third-order valence-electron chi connectivity index (χ3n) is 7.20. The molecule has 2 aliphatic rings. The van der Waals surface area contributed by atoms with E-state index in [0.29, 0.717) is 31.4 Å². The number of carbonyl (C=O) groups is 4. The van der Waals surface area contributed by atoms with Crippen LogP contribution in [0.4, 0.5) is 5.69 Å². The molecule has 0 aliphatic carbocycles. The molecule has 2 aliphatic heterocycles. The Labute approximate surface area is 209 Å². The van der Waals surface area contributed by atoms with Crippen molar-refractivity contribution in [3.05, 3.63) is 29.8 Å². The Kier molecular flexibility index (Phi) is 8.56. The van der Waals surface area contributed by atoms with Crippen LogP contribution < -0.4 is 10.2 Å². The van der Waals surface area contributed by atoms with Crippen molar-refractivity contribution in [2.75, 3.05) is 32.1 Å². The van der Waals surface area contributed by atoms with Crippen molar-refractivity contribution in [3.63, 3.8) is 0 Å². The van der Waals surface area contributed by atoms with Gasteiger partial charge in [0.05, 0.1) is 12.6 Å². The molecule has 3 amide bonds. The van der Waals surface area contributed by atoms with Gasteiger partial charge < -0.3 is 20.0 Å². The first kappa shape index (κ1) is 26.7. The summed E-state index contributed by atoms with van der Waals surface area (Å²) in [6, 6.07) is 5.60. The van der Waals surface area contributed by atoms with E-state index in [0.717, 1.165) is 12.1 Å². The molecule has 0 saturated carbocycles. The number of likely N-dealkylation sites (tertiary alicyclic amines) is 2. The second-order valence-electron chi connectivity index (χ2n) is 10.6. The molecule has 35 heavy (non-hydrogen) atoms. The number of fused-ring (bicyclic) bond motifs is 1. The zero-order valence-corrected chi connectivity index (χ0v) is 21.9. The predicted molar refractivity (Wildman–Crippen MR) is 136 cm³/mol. The van der Waals surface area contributed by atoms with Crippen molar-refractivity contribution in [3.8, 4) is 0 Å². The van der Waals surface area contributed by atoms with E-state index in [4.69, 9.17) is 0 Å². The number of hydrogen-bond donors (Lipinski definition) is 1. The summed E-state index contributed by atoms with van der Waals surface area (Å²) in [6.07, 6.45) is 2.38. The lowest BCUT2D eigenvalue weighted by atomic mass is 10.0. The standard InChI is InChI=1S/C27H40N4O4/c1-7-18(4)15-24(33)31-16-23(32)25-22(31)12-13-30(25)27(35)21(14-17(2)3)28-26(34)19-8-10-20(11-9-19)29(5)6/h8-11,17-18,21-22,25H,7,12-16H2,1-6H3,(H,28,34)/t18?,21-,22?,25?/m0/s1. The predicted octanol–water partition coefficient (Wildman–Crippen LogP) is 2.71. The van der Waals surface area contributed by atoms with E-state index in [2.05, 4.69) is 5.32 Å². The summed E-state index contributed by atoms with van der Waals surface area (Å²) in [5.74, 6) is -0.225. The van der Waals surface area contributed by atoms with Crippen molar-refractivity contribution in [1.82, 2.24) is 15.1 Å². The minimum atomic E-state index is -0.729. The van der Waals surface area contributed by atoms with E-state index < -0.39 is 12.1 Å². The van der Waals surface area contributed by atoms with Gasteiger partial charge in [-0.2, -0.15) is 0 Å². The topological polar surface area (TPSA) is 90.0 Å². The highest BCUT2D eigenvalue weighted by atomic mass is 16.2. The van der Waals surface area contributed by atoms with Gasteiger partial charge in [-0.05, 0) is 48.9 Å². The van der Waals surface area contributed by atoms with Gasteiger partial charge in [-0.1, -0.05) is 34.1 Å². The lowest BCUT2D eigenvalue weighted by molar-refractivity contribution is -0.138. The molecule has 1 aromatic carbocycles. The highest BCUT2D eigenvalue weighted by Crippen LogP contribution is 2.31. The van der Waals surface area contributed by atoms with Crippen molar-refractivity contribution >= 4 is 29.2 Å². The average molecular weight is 485 g/mol. The first-order valence-corrected chi connectivity index (χ1v) is 12.7. The Morgan fingerprint density at radius 1 is 1.09 bits per heavy atom. The van der Waals surface area contributed by atoms with Crippen LogP contribution in [0.5, 0.6) is 0 Å². The molecular weight excluding hydrogens is 444 g/mol. The quantitative estimate of drug-likeness (QED) is 0.582. The highest BCUT2D eigenvalue weighted by molar-refractivity contribution is 6.01. The number of Topliss-reactive ketones (excluding diaryl/α,β-unsaturated/α-hetero) is 1. The lowest BCUT2D eigenvalue weighted by Gasteiger charge is -2.29. The molecule has 192 valence electrons. The maximum atomic E-state index is 13.6. The van der Waals surface area contributed by atoms with Gasteiger partial charge >= 0.3 is 0 Å². The van der Waals surface area contributed by atoms with Gasteiger partial charge in [0.25, 0.3) is 5.91 Å². The molecule has 2 saturated heterocycles. The fourth-order valence-corrected chi connectivity index (χ4v) is 5.00. The highest BCUT2D eigenvalue weighted by Gasteiger charge is 2.52. The van der Waals surface area contributed by atoms with Crippen molar-refractivity contribution < 1.29 is 19.2 Å². The van der Waals surface area contributed by atoms with Crippen LogP contribution in [0.2, 0.25) is 0 Å². The zero-order valence-electron chi connectivity index (χ0n) is 21.9. The van der Waals surface area contributed by atoms with Crippen LogP contribution in [0.3, 0.4) is 0 Å². The molecule has 3 unspecified atom stereocenters. The maximum absolute atomic E-state index is 13.6. The minimum absolute atomic E-state index is 0.0114. The molecule has 1 N–H and O–H groups in total. The molecule has 0 bridgehead atoms. The lowest BCUT2D eigenvalue weighted by Crippen LogP contribution is -2.53. The summed E-state index contributed by atoms with van der Waals surface area (Å²) < 4.78 is 0. The summed E-state index contributed by atoms with van der Waals surface area (Å²) in [7, 11) is 3.86. The first-order chi connectivity index (χ1) is 16.5. The number of nitrogens with zero attached hydrogens (tertiary/aromatic N) is 3. The molecular formula is C27H40N4O4. The van der Waals surface area contributed by atoms with E-state index in [1.165, 1.54) is 0 Å². The molecule has 8 heteroatoms. The molecule has 1 aromatic rings. The van der Waals surface area contributed by atoms with E-state index in [1.807, 2.05) is 58.8 Å². The van der Waals surface area contributed by atoms with Crippen LogP contribution in [-0.2, 0) is 14.4 Å². The van der Waals surface area contributed by atoms with Gasteiger partial charge in [0.2, 0.25) is 11.8 Å². The Hall–Kier alpha value is -2.90. The van der Waals surface area contributed by atoms with Gasteiger partial charge in [0.1, 0.15) is 12.1 Å². The molecule has 3 rings (SSSR count). The number of benzene rings is 1. The van der Waals surface area contributed by atoms with Crippen LogP contribution in [0, 0.1) is 11.8 Å². The Morgan fingerprint density at radius 2 is 1.74 bits per heavy atom. The Morgan fingerprint density at radius 3 is 2.31 bits per heavy atom. The summed E-state index contributed by atoms with van der Waals surface area (Å²) in [4.78, 5) is 57.6. The third kappa shape index (κ3) is 6.03. The SMILES string of the molecule is CCC(C)CC(=O)N1CC(=O)C2C1CCN2C(=O)[C@H](CC(C)C)NC(=O)c1ccc(N(C)C)cc1. The van der Waals surface area contributed by atoms with Gasteiger partial charge in [-0.15, -0.1) is 0 Å². The van der Waals surface area contributed by atoms with Crippen LogP contribution in [0.25, 0.3) is 0 Å². The Bertz CT molecular complexity index is 943. The van der Waals surface area contributed by atoms with Crippen LogP contribution >= 0.6 is 0 Å². The number of ketones is 1. The molecule has 8 nitrogen and oxygen atoms in total. The number of carbonyl (C=O) groups excluding carboxylic acids is 4. The van der Waals surface area contributed by atoms with Gasteiger partial charge in [-0.25, -0.2) is 0 Å². The summed E-state index contributed by atoms with van der Waals surface area (Å²) in [5.41, 5.74) is 1.46. The van der Waals surface area contributed by atoms with Gasteiger partial charge in [0.15, 0.2) is 5.78 Å². The van der Waals surface area contributed by atoms with Crippen molar-refractivity contribution in [2.45, 2.75) is 71.5 Å². The van der Waals surface area contributed by atoms with E-state index in [9.17, 15) is 19.2 Å². The van der Waals surface area contributed by atoms with E-state index in [1.54, 1.807) is 21.9 Å². The van der Waals surface area contributed by atoms with Crippen LogP contribution in [-0.4, -0.2) is 78.6 Å². The monoisotopic (exact) mass is 484 g/mol. The normalized spacial score (nSPS) is 21.2. The molecule has 0 spiro atoms. The largest absolute Gasteiger partial charge is 0.378 e. The molecule has 0 radical (unpaired) electrons. The zero-order chi connectivity index (χ0) is 25.9. The Balaban J connectivity index is 1.73. The number of amides is 3. The van der Waals surface area contributed by atoms with E-state index >= 15 is 0 Å². The molecule has 2 heterocycles. The summed E-state index contributed by atoms with van der Waals surface area (Å²) >= 11 is 0. The fourth-order valence-electron chi connectivity index (χ4n) is 5.00. The average Bonchev–Trinajstić information content (AvgIpc) is 3.39. The summed E-state index contributed by atoms with van der Waals surface area (Å²) in [5, 5.41) is 2.92. The molecule has 0 aromatic heterocycles. The molecule has 2 fully saturated rings.